The molecule has 2 rings (SSSR count). The predicted molar refractivity (Wildman–Crippen MR) is 76.1 cm³/mol. The molecule has 112 valence electrons. The van der Waals surface area contributed by atoms with E-state index in [0.717, 1.165) is 17.9 Å². The SMILES string of the molecule is COCCN(CC(O)c1ccc2c(c1)OCO2)C(C)C. The highest BCUT2D eigenvalue weighted by molar-refractivity contribution is 5.45. The largest absolute Gasteiger partial charge is 0.454 e. The summed E-state index contributed by atoms with van der Waals surface area (Å²) in [5, 5.41) is 10.4. The Morgan fingerprint density at radius 3 is 2.75 bits per heavy atom. The lowest BCUT2D eigenvalue weighted by Gasteiger charge is -2.28. The molecule has 5 nitrogen and oxygen atoms in total. The number of aliphatic hydroxyl groups excluding tert-OH is 1. The fourth-order valence-electron chi connectivity index (χ4n) is 2.22. The van der Waals surface area contributed by atoms with Gasteiger partial charge in [0.1, 0.15) is 0 Å². The Balaban J connectivity index is 2.00. The zero-order valence-electron chi connectivity index (χ0n) is 12.3. The molecule has 1 aliphatic rings. The van der Waals surface area contributed by atoms with Gasteiger partial charge in [-0.1, -0.05) is 6.07 Å². The minimum Gasteiger partial charge on any atom is -0.454 e. The predicted octanol–water partition coefficient (Wildman–Crippen LogP) is 1.81. The van der Waals surface area contributed by atoms with Crippen molar-refractivity contribution in [3.8, 4) is 11.5 Å². The Morgan fingerprint density at radius 1 is 1.30 bits per heavy atom. The van der Waals surface area contributed by atoms with Gasteiger partial charge in [-0.2, -0.15) is 0 Å². The summed E-state index contributed by atoms with van der Waals surface area (Å²) < 4.78 is 15.7. The van der Waals surface area contributed by atoms with Crippen LogP contribution in [0.15, 0.2) is 18.2 Å². The Labute approximate surface area is 120 Å². The average molecular weight is 281 g/mol. The molecule has 1 atom stereocenters. The molecular weight excluding hydrogens is 258 g/mol. The van der Waals surface area contributed by atoms with Crippen LogP contribution in [-0.4, -0.2) is 49.6 Å². The van der Waals surface area contributed by atoms with Gasteiger partial charge < -0.3 is 19.3 Å². The van der Waals surface area contributed by atoms with Crippen molar-refractivity contribution >= 4 is 0 Å². The molecule has 20 heavy (non-hydrogen) atoms. The molecule has 0 bridgehead atoms. The second-order valence-electron chi connectivity index (χ2n) is 5.21. The number of ether oxygens (including phenoxy) is 3. The summed E-state index contributed by atoms with van der Waals surface area (Å²) in [4.78, 5) is 2.19. The number of aliphatic hydroxyl groups is 1. The van der Waals surface area contributed by atoms with Gasteiger partial charge in [0.25, 0.3) is 0 Å². The second kappa shape index (κ2) is 6.92. The molecule has 0 saturated heterocycles. The van der Waals surface area contributed by atoms with E-state index in [-0.39, 0.29) is 6.79 Å². The summed E-state index contributed by atoms with van der Waals surface area (Å²) in [6, 6.07) is 5.93. The maximum absolute atomic E-state index is 10.4. The molecule has 0 radical (unpaired) electrons. The number of hydrogen-bond donors (Lipinski definition) is 1. The number of fused-ring (bicyclic) bond motifs is 1. The Kier molecular flexibility index (Phi) is 5.23. The average Bonchev–Trinajstić information content (AvgIpc) is 2.90. The second-order valence-corrected chi connectivity index (χ2v) is 5.21. The van der Waals surface area contributed by atoms with Gasteiger partial charge in [-0.05, 0) is 31.5 Å². The van der Waals surface area contributed by atoms with Crippen molar-refractivity contribution in [1.82, 2.24) is 4.90 Å². The monoisotopic (exact) mass is 281 g/mol. The fourth-order valence-corrected chi connectivity index (χ4v) is 2.22. The van der Waals surface area contributed by atoms with E-state index in [9.17, 15) is 5.11 Å². The van der Waals surface area contributed by atoms with E-state index >= 15 is 0 Å². The zero-order chi connectivity index (χ0) is 14.5. The Hall–Kier alpha value is -1.30. The highest BCUT2D eigenvalue weighted by atomic mass is 16.7. The van der Waals surface area contributed by atoms with Crippen molar-refractivity contribution in [2.45, 2.75) is 26.0 Å². The van der Waals surface area contributed by atoms with Crippen molar-refractivity contribution in [3.05, 3.63) is 23.8 Å². The molecule has 0 spiro atoms. The molecule has 1 N–H and O–H groups in total. The molecule has 0 aromatic heterocycles. The first kappa shape index (κ1) is 15.1. The van der Waals surface area contributed by atoms with Gasteiger partial charge in [0, 0.05) is 26.2 Å². The molecule has 1 aromatic rings. The third-order valence-electron chi connectivity index (χ3n) is 3.50. The van der Waals surface area contributed by atoms with Crippen molar-refractivity contribution in [1.29, 1.82) is 0 Å². The van der Waals surface area contributed by atoms with Crippen LogP contribution in [0.3, 0.4) is 0 Å². The van der Waals surface area contributed by atoms with E-state index in [4.69, 9.17) is 14.2 Å². The normalized spacial score (nSPS) is 15.1. The van der Waals surface area contributed by atoms with Crippen LogP contribution in [0.25, 0.3) is 0 Å². The molecule has 1 aliphatic heterocycles. The molecule has 0 saturated carbocycles. The summed E-state index contributed by atoms with van der Waals surface area (Å²) in [7, 11) is 1.69. The van der Waals surface area contributed by atoms with Gasteiger partial charge in [-0.25, -0.2) is 0 Å². The van der Waals surface area contributed by atoms with E-state index < -0.39 is 6.10 Å². The van der Waals surface area contributed by atoms with Crippen LogP contribution in [0.1, 0.15) is 25.5 Å². The summed E-state index contributed by atoms with van der Waals surface area (Å²) >= 11 is 0. The van der Waals surface area contributed by atoms with E-state index in [2.05, 4.69) is 18.7 Å². The number of nitrogens with zero attached hydrogens (tertiary/aromatic N) is 1. The van der Waals surface area contributed by atoms with Crippen molar-refractivity contribution < 1.29 is 19.3 Å². The third kappa shape index (κ3) is 3.62. The van der Waals surface area contributed by atoms with Crippen molar-refractivity contribution in [2.24, 2.45) is 0 Å². The topological polar surface area (TPSA) is 51.2 Å². The third-order valence-corrected chi connectivity index (χ3v) is 3.50. The van der Waals surface area contributed by atoms with Crippen LogP contribution in [0.4, 0.5) is 0 Å². The first-order chi connectivity index (χ1) is 9.61. The highest BCUT2D eigenvalue weighted by Gasteiger charge is 2.19. The smallest absolute Gasteiger partial charge is 0.231 e. The summed E-state index contributed by atoms with van der Waals surface area (Å²) in [5.74, 6) is 1.44. The minimum atomic E-state index is -0.552. The van der Waals surface area contributed by atoms with E-state index in [1.165, 1.54) is 0 Å². The minimum absolute atomic E-state index is 0.251. The lowest BCUT2D eigenvalue weighted by atomic mass is 10.1. The van der Waals surface area contributed by atoms with Crippen LogP contribution in [0, 0.1) is 0 Å². The van der Waals surface area contributed by atoms with Crippen LogP contribution in [0.2, 0.25) is 0 Å². The number of rotatable bonds is 7. The van der Waals surface area contributed by atoms with E-state index in [1.807, 2.05) is 18.2 Å². The van der Waals surface area contributed by atoms with E-state index in [1.54, 1.807) is 7.11 Å². The Morgan fingerprint density at radius 2 is 2.05 bits per heavy atom. The van der Waals surface area contributed by atoms with Gasteiger partial charge in [-0.15, -0.1) is 0 Å². The number of methoxy groups -OCH3 is 1. The van der Waals surface area contributed by atoms with Gasteiger partial charge >= 0.3 is 0 Å². The lowest BCUT2D eigenvalue weighted by molar-refractivity contribution is 0.0720. The van der Waals surface area contributed by atoms with Crippen LogP contribution in [-0.2, 0) is 4.74 Å². The maximum atomic E-state index is 10.4. The lowest BCUT2D eigenvalue weighted by Crippen LogP contribution is -2.37. The molecule has 1 heterocycles. The quantitative estimate of drug-likeness (QED) is 0.826. The fraction of sp³-hybridized carbons (Fsp3) is 0.600. The molecule has 0 aliphatic carbocycles. The maximum Gasteiger partial charge on any atom is 0.231 e. The summed E-state index contributed by atoms with van der Waals surface area (Å²) in [6.07, 6.45) is -0.552. The van der Waals surface area contributed by atoms with Gasteiger partial charge in [-0.3, -0.25) is 4.90 Å². The summed E-state index contributed by atoms with van der Waals surface area (Å²) in [5.41, 5.74) is 0.845. The first-order valence-corrected chi connectivity index (χ1v) is 6.92. The Bertz CT molecular complexity index is 436. The zero-order valence-corrected chi connectivity index (χ0v) is 12.3. The van der Waals surface area contributed by atoms with Gasteiger partial charge in [0.2, 0.25) is 6.79 Å². The highest BCUT2D eigenvalue weighted by Crippen LogP contribution is 2.34. The molecule has 1 aromatic carbocycles. The van der Waals surface area contributed by atoms with Crippen LogP contribution < -0.4 is 9.47 Å². The van der Waals surface area contributed by atoms with E-state index in [0.29, 0.717) is 24.9 Å². The summed E-state index contributed by atoms with van der Waals surface area (Å²) in [6.45, 7) is 6.51. The number of hydrogen-bond acceptors (Lipinski definition) is 5. The van der Waals surface area contributed by atoms with Crippen LogP contribution in [0.5, 0.6) is 11.5 Å². The van der Waals surface area contributed by atoms with Gasteiger partial charge in [0.05, 0.1) is 12.7 Å². The van der Waals surface area contributed by atoms with Gasteiger partial charge in [0.15, 0.2) is 11.5 Å². The standard InChI is InChI=1S/C15H23NO4/c1-11(2)16(6-7-18-3)9-13(17)12-4-5-14-15(8-12)20-10-19-14/h4-5,8,11,13,17H,6-7,9-10H2,1-3H3. The van der Waals surface area contributed by atoms with Crippen molar-refractivity contribution in [3.63, 3.8) is 0 Å². The molecule has 0 amide bonds. The molecule has 5 heteroatoms. The van der Waals surface area contributed by atoms with Crippen LogP contribution >= 0.6 is 0 Å². The molecule has 1 unspecified atom stereocenters. The number of benzene rings is 1. The van der Waals surface area contributed by atoms with Crippen molar-refractivity contribution in [2.75, 3.05) is 33.6 Å². The first-order valence-electron chi connectivity index (χ1n) is 6.92. The molecule has 0 fully saturated rings. The molecular formula is C15H23NO4.